The maximum Gasteiger partial charge on any atom is 0.177 e. The Morgan fingerprint density at radius 3 is 2.65 bits per heavy atom. The van der Waals surface area contributed by atoms with Crippen LogP contribution in [-0.2, 0) is 0 Å². The lowest BCUT2D eigenvalue weighted by Gasteiger charge is -2.23. The quantitative estimate of drug-likeness (QED) is 0.282. The average molecular weight is 290 g/mol. The lowest BCUT2D eigenvalue weighted by Crippen LogP contribution is -2.34. The molecule has 2 nitrogen and oxygen atoms in total. The molecule has 0 aromatic heterocycles. The first kappa shape index (κ1) is 17.3. The first-order valence-corrected chi connectivity index (χ1v) is 8.44. The molecule has 0 amide bonds. The summed E-state index contributed by atoms with van der Waals surface area (Å²) in [5.41, 5.74) is 1.31. The number of nitrogens with zero attached hydrogens (tertiary/aromatic N) is 1. The Morgan fingerprint density at radius 2 is 1.95 bits per heavy atom. The lowest BCUT2D eigenvalue weighted by molar-refractivity contribution is -0.839. The van der Waals surface area contributed by atoms with Crippen LogP contribution in [0.4, 0.5) is 0 Å². The van der Waals surface area contributed by atoms with Crippen LogP contribution in [0.1, 0.15) is 25.7 Å². The van der Waals surface area contributed by atoms with E-state index in [1.54, 1.807) is 0 Å². The van der Waals surface area contributed by atoms with Crippen LogP contribution in [0.25, 0.3) is 0 Å². The Bertz CT molecular complexity index is 343. The molecule has 3 heteroatoms. The summed E-state index contributed by atoms with van der Waals surface area (Å²) in [6, 6.07) is 1.09. The van der Waals surface area contributed by atoms with Gasteiger partial charge in [-0.1, -0.05) is 6.04 Å². The number of allylic oxidation sites excluding steroid dienone is 5. The summed E-state index contributed by atoms with van der Waals surface area (Å²) in [7, 11) is 8.05. The van der Waals surface area contributed by atoms with Crippen molar-refractivity contribution in [3.05, 3.63) is 42.5 Å². The van der Waals surface area contributed by atoms with E-state index in [-0.39, 0.29) is 0 Å². The highest BCUT2D eigenvalue weighted by Gasteiger charge is 2.17. The Balaban J connectivity index is 2.10. The van der Waals surface area contributed by atoms with E-state index in [0.717, 1.165) is 23.6 Å². The van der Waals surface area contributed by atoms with Crippen LogP contribution in [-0.4, -0.2) is 48.5 Å². The second-order valence-corrected chi connectivity index (χ2v) is 6.46. The SMILES string of the molecule is C[N+](C)(C=C1C=CC=C[CH+]1)CCCCCNCCC[Si]. The fraction of sp³-hybridized carbons (Fsp3) is 0.588. The molecule has 20 heavy (non-hydrogen) atoms. The standard InChI is InChI=1S/C17H29N2Si/c1-19(2,16-17-10-5-3-6-11-17)14-8-4-7-12-18-13-9-15-20/h3,5-6,10-11,16,18H,4,7-9,12-15H2,1-2H3/q+2. The lowest BCUT2D eigenvalue weighted by atomic mass is 10.1. The zero-order valence-corrected chi connectivity index (χ0v) is 14.1. The molecule has 0 bridgehead atoms. The van der Waals surface area contributed by atoms with Gasteiger partial charge in [-0.2, -0.15) is 0 Å². The van der Waals surface area contributed by atoms with E-state index in [9.17, 15) is 0 Å². The number of unbranched alkanes of at least 4 members (excludes halogenated alkanes) is 2. The summed E-state index contributed by atoms with van der Waals surface area (Å²) < 4.78 is 0.959. The largest absolute Gasteiger partial charge is 0.317 e. The number of nitrogens with one attached hydrogen (secondary N) is 1. The fourth-order valence-corrected chi connectivity index (χ4v) is 2.47. The Labute approximate surface area is 128 Å². The average Bonchev–Trinajstić information content (AvgIpc) is 2.42. The molecule has 0 aromatic carbocycles. The van der Waals surface area contributed by atoms with Crippen molar-refractivity contribution in [3.8, 4) is 0 Å². The van der Waals surface area contributed by atoms with Gasteiger partial charge in [-0.25, -0.2) is 0 Å². The van der Waals surface area contributed by atoms with Crippen molar-refractivity contribution < 1.29 is 4.48 Å². The minimum Gasteiger partial charge on any atom is -0.317 e. The highest BCUT2D eigenvalue weighted by atomic mass is 28.1. The fourth-order valence-electron chi connectivity index (χ4n) is 2.29. The van der Waals surface area contributed by atoms with E-state index in [1.807, 2.05) is 0 Å². The van der Waals surface area contributed by atoms with Gasteiger partial charge in [0.2, 0.25) is 0 Å². The third kappa shape index (κ3) is 8.41. The van der Waals surface area contributed by atoms with Crippen molar-refractivity contribution in [1.29, 1.82) is 0 Å². The molecule has 0 saturated heterocycles. The zero-order valence-electron chi connectivity index (χ0n) is 13.1. The molecule has 0 aromatic rings. The molecule has 1 aliphatic carbocycles. The summed E-state index contributed by atoms with van der Waals surface area (Å²) in [5, 5.41) is 3.48. The predicted octanol–water partition coefficient (Wildman–Crippen LogP) is 3.01. The van der Waals surface area contributed by atoms with Gasteiger partial charge in [0, 0.05) is 41.0 Å². The molecule has 0 saturated carbocycles. The molecule has 0 heterocycles. The molecule has 109 valence electrons. The number of rotatable bonds is 10. The maximum atomic E-state index is 3.49. The molecular formula is C17H29N2Si+2. The third-order valence-electron chi connectivity index (χ3n) is 3.42. The molecule has 1 aliphatic rings. The van der Waals surface area contributed by atoms with Crippen LogP contribution < -0.4 is 5.32 Å². The van der Waals surface area contributed by atoms with E-state index in [4.69, 9.17) is 0 Å². The van der Waals surface area contributed by atoms with E-state index in [1.165, 1.54) is 37.8 Å². The summed E-state index contributed by atoms with van der Waals surface area (Å²) in [4.78, 5) is 0. The van der Waals surface area contributed by atoms with Crippen molar-refractivity contribution in [2.24, 2.45) is 0 Å². The van der Waals surface area contributed by atoms with Gasteiger partial charge in [0.25, 0.3) is 0 Å². The van der Waals surface area contributed by atoms with Crippen molar-refractivity contribution in [1.82, 2.24) is 5.32 Å². The van der Waals surface area contributed by atoms with Gasteiger partial charge in [0.15, 0.2) is 6.20 Å². The minimum atomic E-state index is 0.959. The first-order valence-electron chi connectivity index (χ1n) is 7.73. The van der Waals surface area contributed by atoms with Gasteiger partial charge in [0.05, 0.1) is 20.6 Å². The van der Waals surface area contributed by atoms with E-state index >= 15 is 0 Å². The van der Waals surface area contributed by atoms with E-state index in [0.29, 0.717) is 0 Å². The van der Waals surface area contributed by atoms with Crippen LogP contribution in [0.2, 0.25) is 6.04 Å². The Kier molecular flexibility index (Phi) is 8.66. The molecule has 1 N–H and O–H groups in total. The van der Waals surface area contributed by atoms with Gasteiger partial charge in [-0.05, 0) is 38.8 Å². The molecule has 0 atom stereocenters. The molecule has 0 aliphatic heterocycles. The van der Waals surface area contributed by atoms with Crippen molar-refractivity contribution in [2.45, 2.75) is 31.7 Å². The van der Waals surface area contributed by atoms with Gasteiger partial charge >= 0.3 is 0 Å². The van der Waals surface area contributed by atoms with Crippen molar-refractivity contribution >= 4 is 10.2 Å². The topological polar surface area (TPSA) is 12.0 Å². The number of quaternary nitrogens is 1. The van der Waals surface area contributed by atoms with Crippen LogP contribution >= 0.6 is 0 Å². The number of hydrogen-bond acceptors (Lipinski definition) is 1. The second-order valence-electron chi connectivity index (χ2n) is 5.96. The van der Waals surface area contributed by atoms with Gasteiger partial charge < -0.3 is 5.32 Å². The van der Waals surface area contributed by atoms with Crippen molar-refractivity contribution in [2.75, 3.05) is 33.7 Å². The maximum absolute atomic E-state index is 3.49. The number of hydrogen-bond donors (Lipinski definition) is 1. The summed E-state index contributed by atoms with van der Waals surface area (Å²) in [5.74, 6) is 0. The molecule has 3 radical (unpaired) electrons. The van der Waals surface area contributed by atoms with Crippen LogP contribution in [0.3, 0.4) is 0 Å². The van der Waals surface area contributed by atoms with Crippen LogP contribution in [0.5, 0.6) is 0 Å². The Hall–Kier alpha value is -0.773. The summed E-state index contributed by atoms with van der Waals surface area (Å²) in [6.45, 7) is 3.49. The molecule has 1 rings (SSSR count). The zero-order chi connectivity index (χ0) is 14.7. The van der Waals surface area contributed by atoms with Gasteiger partial charge in [-0.15, -0.1) is 0 Å². The summed E-state index contributed by atoms with van der Waals surface area (Å²) >= 11 is 0. The van der Waals surface area contributed by atoms with Gasteiger partial charge in [0.1, 0.15) is 5.57 Å². The van der Waals surface area contributed by atoms with Gasteiger partial charge in [-0.3, -0.25) is 4.48 Å². The predicted molar refractivity (Wildman–Crippen MR) is 89.5 cm³/mol. The Morgan fingerprint density at radius 1 is 1.15 bits per heavy atom. The van der Waals surface area contributed by atoms with Crippen LogP contribution in [0, 0.1) is 6.42 Å². The second kappa shape index (κ2) is 10.0. The molecule has 0 unspecified atom stereocenters. The molecule has 0 fully saturated rings. The summed E-state index contributed by atoms with van der Waals surface area (Å²) in [6.07, 6.45) is 18.1. The molecular weight excluding hydrogens is 260 g/mol. The normalized spacial score (nSPS) is 16.6. The first-order chi connectivity index (χ1) is 9.64. The highest BCUT2D eigenvalue weighted by Crippen LogP contribution is 2.14. The minimum absolute atomic E-state index is 0.959. The van der Waals surface area contributed by atoms with Crippen LogP contribution in [0.15, 0.2) is 36.1 Å². The third-order valence-corrected chi connectivity index (χ3v) is 3.77. The molecule has 0 spiro atoms. The van der Waals surface area contributed by atoms with Crippen molar-refractivity contribution in [3.63, 3.8) is 0 Å². The van der Waals surface area contributed by atoms with E-state index < -0.39 is 0 Å². The highest BCUT2D eigenvalue weighted by molar-refractivity contribution is 6.08. The van der Waals surface area contributed by atoms with E-state index in [2.05, 4.69) is 66.6 Å². The monoisotopic (exact) mass is 289 g/mol. The smallest absolute Gasteiger partial charge is 0.177 e.